The molecule has 0 unspecified atom stereocenters. The average molecular weight is 145 g/mol. The zero-order valence-electron chi connectivity index (χ0n) is 6.29. The van der Waals surface area contributed by atoms with Gasteiger partial charge in [-0.1, -0.05) is 0 Å². The Bertz CT molecular complexity index is 369. The van der Waals surface area contributed by atoms with Gasteiger partial charge in [0.15, 0.2) is 0 Å². The summed E-state index contributed by atoms with van der Waals surface area (Å²) in [6.45, 7) is 1.95. The van der Waals surface area contributed by atoms with Crippen molar-refractivity contribution >= 4 is 23.5 Å². The minimum absolute atomic E-state index is 0.934. The molecule has 0 atom stereocenters. The molecule has 1 N–H and O–H groups in total. The Labute approximate surface area is 65.4 Å². The summed E-state index contributed by atoms with van der Waals surface area (Å²) in [6.07, 6.45) is 1.70. The average Bonchev–Trinajstić information content (AvgIpc) is 2.50. The Kier molecular flexibility index (Phi) is 1.42. The number of fused-ring (bicyclic) bond motifs is 1. The summed E-state index contributed by atoms with van der Waals surface area (Å²) in [5, 5.41) is 4.20. The number of benzene rings is 1. The van der Waals surface area contributed by atoms with E-state index in [-0.39, 0.29) is 0 Å². The molecule has 0 saturated heterocycles. The number of hydrogen-bond acceptors (Lipinski definition) is 2. The minimum atomic E-state index is 0.934. The molecule has 0 aliphatic rings. The summed E-state index contributed by atoms with van der Waals surface area (Å²) in [5.41, 5.74) is 2.04. The Balaban J connectivity index is 2.67. The first-order valence-corrected chi connectivity index (χ1v) is 3.55. The van der Waals surface area contributed by atoms with Crippen molar-refractivity contribution in [2.45, 2.75) is 0 Å². The molecule has 1 aromatic heterocycles. The third-order valence-electron chi connectivity index (χ3n) is 1.74. The molecule has 54 valence electrons. The van der Waals surface area contributed by atoms with Gasteiger partial charge < -0.3 is 0 Å². The van der Waals surface area contributed by atoms with E-state index in [0.717, 1.165) is 16.6 Å². The van der Waals surface area contributed by atoms with Gasteiger partial charge in [-0.15, -0.1) is 0 Å². The summed E-state index contributed by atoms with van der Waals surface area (Å²) in [5.74, 6) is 0. The molecule has 1 heterocycles. The quantitative estimate of drug-likeness (QED) is 0.661. The standard InChI is InChI=1S/C8H8BNO/c1-10-6-2-3-8-7(4-6)9-5-11-8/h2-5,10H,1H3. The first kappa shape index (κ1) is 6.46. The Hall–Kier alpha value is -1.25. The van der Waals surface area contributed by atoms with E-state index < -0.39 is 0 Å². The molecule has 0 aliphatic carbocycles. The van der Waals surface area contributed by atoms with Crippen molar-refractivity contribution in [2.75, 3.05) is 12.4 Å². The zero-order chi connectivity index (χ0) is 7.68. The fourth-order valence-electron chi connectivity index (χ4n) is 1.12. The van der Waals surface area contributed by atoms with Gasteiger partial charge in [0, 0.05) is 0 Å². The van der Waals surface area contributed by atoms with Crippen LogP contribution in [-0.2, 0) is 0 Å². The van der Waals surface area contributed by atoms with Crippen LogP contribution in [0.15, 0.2) is 28.8 Å². The first-order chi connectivity index (χ1) is 5.40. The second-order valence-corrected chi connectivity index (χ2v) is 2.42. The van der Waals surface area contributed by atoms with E-state index in [0.29, 0.717) is 0 Å². The van der Waals surface area contributed by atoms with Crippen LogP contribution < -0.4 is 5.32 Å². The van der Waals surface area contributed by atoms with Crippen molar-refractivity contribution in [3.05, 3.63) is 24.4 Å². The van der Waals surface area contributed by atoms with E-state index in [1.807, 2.05) is 26.1 Å². The van der Waals surface area contributed by atoms with E-state index >= 15 is 0 Å². The summed E-state index contributed by atoms with van der Waals surface area (Å²) in [6, 6.07) is 6.01. The van der Waals surface area contributed by atoms with Crippen LogP contribution in [0.25, 0.3) is 10.9 Å². The first-order valence-electron chi connectivity index (χ1n) is 3.55. The summed E-state index contributed by atoms with van der Waals surface area (Å²) >= 11 is 0. The van der Waals surface area contributed by atoms with Gasteiger partial charge in [-0.05, 0) is 0 Å². The predicted octanol–water partition coefficient (Wildman–Crippen LogP) is 1.81. The van der Waals surface area contributed by atoms with Crippen LogP contribution in [0.3, 0.4) is 0 Å². The molecule has 2 aromatic rings. The Morgan fingerprint density at radius 1 is 1.45 bits per heavy atom. The maximum absolute atomic E-state index is 5.19. The van der Waals surface area contributed by atoms with Crippen LogP contribution in [0, 0.1) is 0 Å². The molecule has 2 rings (SSSR count). The second kappa shape index (κ2) is 2.42. The predicted molar refractivity (Wildman–Crippen MR) is 47.1 cm³/mol. The van der Waals surface area contributed by atoms with E-state index in [9.17, 15) is 0 Å². The fourth-order valence-corrected chi connectivity index (χ4v) is 1.12. The molecule has 1 aromatic carbocycles. The molecule has 2 nitrogen and oxygen atoms in total. The fraction of sp³-hybridized carbons (Fsp3) is 0.125. The monoisotopic (exact) mass is 145 g/mol. The molecule has 0 bridgehead atoms. The molecule has 0 aliphatic heterocycles. The molecule has 0 spiro atoms. The molecule has 3 heteroatoms. The van der Waals surface area contributed by atoms with Crippen LogP contribution >= 0.6 is 0 Å². The SMILES string of the molecule is CNc1ccc2ocbc2c1. The molecule has 0 saturated carbocycles. The number of hydrogen-bond donors (Lipinski definition) is 1. The zero-order valence-corrected chi connectivity index (χ0v) is 6.29. The van der Waals surface area contributed by atoms with Gasteiger partial charge in [-0.25, -0.2) is 0 Å². The second-order valence-electron chi connectivity index (χ2n) is 2.42. The summed E-state index contributed by atoms with van der Waals surface area (Å²) in [4.78, 5) is 0. The van der Waals surface area contributed by atoms with Gasteiger partial charge in [-0.2, -0.15) is 0 Å². The maximum atomic E-state index is 5.19. The molecule has 11 heavy (non-hydrogen) atoms. The van der Waals surface area contributed by atoms with Gasteiger partial charge in [0.2, 0.25) is 0 Å². The normalized spacial score (nSPS) is 9.91. The van der Waals surface area contributed by atoms with Crippen molar-refractivity contribution < 1.29 is 4.42 Å². The van der Waals surface area contributed by atoms with E-state index in [2.05, 4.69) is 11.4 Å². The summed E-state index contributed by atoms with van der Waals surface area (Å²) < 4.78 is 5.19. The van der Waals surface area contributed by atoms with Crippen molar-refractivity contribution in [3.8, 4) is 0 Å². The molecule has 0 radical (unpaired) electrons. The number of nitrogens with one attached hydrogen (secondary N) is 1. The van der Waals surface area contributed by atoms with Gasteiger partial charge >= 0.3 is 64.6 Å². The Morgan fingerprint density at radius 2 is 2.36 bits per heavy atom. The van der Waals surface area contributed by atoms with Crippen LogP contribution in [0.1, 0.15) is 0 Å². The third-order valence-corrected chi connectivity index (χ3v) is 1.74. The van der Waals surface area contributed by atoms with Crippen molar-refractivity contribution in [2.24, 2.45) is 0 Å². The van der Waals surface area contributed by atoms with Crippen molar-refractivity contribution in [1.82, 2.24) is 0 Å². The molecular weight excluding hydrogens is 137 g/mol. The topological polar surface area (TPSA) is 25.2 Å². The van der Waals surface area contributed by atoms with Crippen LogP contribution in [0.5, 0.6) is 0 Å². The van der Waals surface area contributed by atoms with Gasteiger partial charge in [0.25, 0.3) is 0 Å². The molecule has 0 amide bonds. The van der Waals surface area contributed by atoms with E-state index in [1.54, 1.807) is 6.16 Å². The number of rotatable bonds is 1. The van der Waals surface area contributed by atoms with Gasteiger partial charge in [0.05, 0.1) is 0 Å². The third kappa shape index (κ3) is 1.02. The van der Waals surface area contributed by atoms with E-state index in [1.165, 1.54) is 0 Å². The van der Waals surface area contributed by atoms with Gasteiger partial charge in [0.1, 0.15) is 0 Å². The van der Waals surface area contributed by atoms with Crippen LogP contribution in [0.4, 0.5) is 5.69 Å². The molecule has 0 fully saturated rings. The molecular formula is C8H8BNO. The number of anilines is 1. The van der Waals surface area contributed by atoms with Crippen LogP contribution in [-0.4, -0.2) is 14.0 Å². The Morgan fingerprint density at radius 3 is 3.18 bits per heavy atom. The van der Waals surface area contributed by atoms with Crippen LogP contribution in [0.2, 0.25) is 0 Å². The summed E-state index contributed by atoms with van der Waals surface area (Å²) in [7, 11) is 1.90. The van der Waals surface area contributed by atoms with Crippen molar-refractivity contribution in [1.29, 1.82) is 0 Å². The van der Waals surface area contributed by atoms with E-state index in [4.69, 9.17) is 4.42 Å². The van der Waals surface area contributed by atoms with Crippen molar-refractivity contribution in [3.63, 3.8) is 0 Å². The van der Waals surface area contributed by atoms with Gasteiger partial charge in [-0.3, -0.25) is 0 Å².